The van der Waals surface area contributed by atoms with Crippen molar-refractivity contribution in [1.29, 1.82) is 0 Å². The Morgan fingerprint density at radius 1 is 0.714 bits per heavy atom. The van der Waals surface area contributed by atoms with Crippen molar-refractivity contribution in [2.45, 2.75) is 106 Å². The maximum atomic E-state index is 2.81. The molecular formula is C26H52N2. The molecule has 2 aliphatic rings. The van der Waals surface area contributed by atoms with Gasteiger partial charge in [-0.1, -0.05) is 60.8 Å². The number of piperidine rings is 2. The van der Waals surface area contributed by atoms with E-state index in [-0.39, 0.29) is 0 Å². The number of likely N-dealkylation sites (tertiary alicyclic amines) is 2. The minimum atomic E-state index is 0.528. The highest BCUT2D eigenvalue weighted by Gasteiger charge is 2.34. The van der Waals surface area contributed by atoms with Gasteiger partial charge >= 0.3 is 0 Å². The zero-order valence-corrected chi connectivity index (χ0v) is 20.4. The Balaban J connectivity index is 1.66. The molecule has 0 radical (unpaired) electrons. The molecule has 2 nitrogen and oxygen atoms in total. The van der Waals surface area contributed by atoms with Crippen LogP contribution in [0.3, 0.4) is 0 Å². The number of hydrogen-bond donors (Lipinski definition) is 0. The van der Waals surface area contributed by atoms with Crippen molar-refractivity contribution in [3.63, 3.8) is 0 Å². The molecule has 166 valence electrons. The fourth-order valence-corrected chi connectivity index (χ4v) is 6.07. The molecule has 0 bridgehead atoms. The second kappa shape index (κ2) is 11.3. The van der Waals surface area contributed by atoms with E-state index in [1.54, 1.807) is 0 Å². The van der Waals surface area contributed by atoms with Crippen LogP contribution in [0.5, 0.6) is 0 Å². The molecule has 0 aromatic carbocycles. The van der Waals surface area contributed by atoms with E-state index in [2.05, 4.69) is 51.3 Å². The molecule has 0 aromatic rings. The van der Waals surface area contributed by atoms with Crippen LogP contribution in [0, 0.1) is 22.7 Å². The topological polar surface area (TPSA) is 6.48 Å². The summed E-state index contributed by atoms with van der Waals surface area (Å²) in [6, 6.07) is 0. The van der Waals surface area contributed by atoms with Crippen molar-refractivity contribution < 1.29 is 0 Å². The fraction of sp³-hybridized carbons (Fsp3) is 1.00. The Morgan fingerprint density at radius 3 is 1.82 bits per heavy atom. The first-order valence-electron chi connectivity index (χ1n) is 12.8. The summed E-state index contributed by atoms with van der Waals surface area (Å²) in [6.07, 6.45) is 13.9. The summed E-state index contributed by atoms with van der Waals surface area (Å²) in [5, 5.41) is 0. The standard InChI is InChI=1S/C26H52N2/c1-7-14-25(4,5)16-21-27-17-10-23(11-18-27)22-28-19-12-24(13-20-28)26(6,9-3)15-8-2/h23-24H,7-22H2,1-6H3. The summed E-state index contributed by atoms with van der Waals surface area (Å²) in [7, 11) is 0. The highest BCUT2D eigenvalue weighted by Crippen LogP contribution is 2.42. The zero-order valence-electron chi connectivity index (χ0n) is 20.4. The van der Waals surface area contributed by atoms with Crippen LogP contribution >= 0.6 is 0 Å². The molecule has 0 spiro atoms. The van der Waals surface area contributed by atoms with Crippen LogP contribution in [-0.2, 0) is 0 Å². The normalized spacial score (nSPS) is 23.8. The van der Waals surface area contributed by atoms with Crippen LogP contribution < -0.4 is 0 Å². The molecule has 2 aliphatic heterocycles. The fourth-order valence-electron chi connectivity index (χ4n) is 6.07. The average molecular weight is 393 g/mol. The minimum absolute atomic E-state index is 0.528. The molecular weight excluding hydrogens is 340 g/mol. The molecule has 28 heavy (non-hydrogen) atoms. The molecule has 0 aromatic heterocycles. The van der Waals surface area contributed by atoms with E-state index in [4.69, 9.17) is 0 Å². The molecule has 0 aliphatic carbocycles. The molecule has 1 atom stereocenters. The van der Waals surface area contributed by atoms with Gasteiger partial charge in [0.15, 0.2) is 0 Å². The Bertz CT molecular complexity index is 416. The third-order valence-corrected chi connectivity index (χ3v) is 8.46. The van der Waals surface area contributed by atoms with Crippen molar-refractivity contribution in [3.05, 3.63) is 0 Å². The van der Waals surface area contributed by atoms with Gasteiger partial charge < -0.3 is 9.80 Å². The van der Waals surface area contributed by atoms with E-state index >= 15 is 0 Å². The van der Waals surface area contributed by atoms with Gasteiger partial charge in [0, 0.05) is 6.54 Å². The van der Waals surface area contributed by atoms with Crippen LogP contribution in [0.1, 0.15) is 106 Å². The first-order valence-corrected chi connectivity index (χ1v) is 12.8. The van der Waals surface area contributed by atoms with Crippen LogP contribution in [0.15, 0.2) is 0 Å². The summed E-state index contributed by atoms with van der Waals surface area (Å²) < 4.78 is 0. The molecule has 1 unspecified atom stereocenters. The van der Waals surface area contributed by atoms with Gasteiger partial charge in [-0.05, 0) is 100 Å². The maximum absolute atomic E-state index is 2.81. The Labute approximate surface area is 177 Å². The SMILES string of the molecule is CCCC(C)(C)CCN1CCC(CN2CCC(C(C)(CC)CCC)CC2)CC1. The third-order valence-electron chi connectivity index (χ3n) is 8.46. The predicted molar refractivity (Wildman–Crippen MR) is 125 cm³/mol. The summed E-state index contributed by atoms with van der Waals surface area (Å²) in [4.78, 5) is 5.56. The maximum Gasteiger partial charge on any atom is 0.00106 e. The largest absolute Gasteiger partial charge is 0.303 e. The molecule has 0 N–H and O–H groups in total. The van der Waals surface area contributed by atoms with Crippen LogP contribution in [-0.4, -0.2) is 49.1 Å². The average Bonchev–Trinajstić information content (AvgIpc) is 2.68. The second-order valence-corrected chi connectivity index (χ2v) is 11.3. The summed E-state index contributed by atoms with van der Waals surface area (Å²) in [6.45, 7) is 22.7. The zero-order chi connectivity index (χ0) is 20.6. The van der Waals surface area contributed by atoms with E-state index in [1.807, 2.05) is 0 Å². The van der Waals surface area contributed by atoms with Crippen molar-refractivity contribution in [3.8, 4) is 0 Å². The lowest BCUT2D eigenvalue weighted by Gasteiger charge is -2.44. The van der Waals surface area contributed by atoms with Gasteiger partial charge in [-0.3, -0.25) is 0 Å². The first kappa shape index (κ1) is 24.2. The second-order valence-electron chi connectivity index (χ2n) is 11.3. The Hall–Kier alpha value is -0.0800. The third kappa shape index (κ3) is 7.31. The number of rotatable bonds is 11. The molecule has 2 heterocycles. The van der Waals surface area contributed by atoms with Gasteiger partial charge in [-0.25, -0.2) is 0 Å². The van der Waals surface area contributed by atoms with Crippen LogP contribution in [0.4, 0.5) is 0 Å². The summed E-state index contributed by atoms with van der Waals surface area (Å²) in [5.41, 5.74) is 1.12. The van der Waals surface area contributed by atoms with E-state index in [0.717, 1.165) is 11.8 Å². The lowest BCUT2D eigenvalue weighted by atomic mass is 9.68. The van der Waals surface area contributed by atoms with Gasteiger partial charge in [0.25, 0.3) is 0 Å². The highest BCUT2D eigenvalue weighted by atomic mass is 15.2. The molecule has 2 rings (SSSR count). The monoisotopic (exact) mass is 392 g/mol. The molecule has 2 heteroatoms. The molecule has 2 saturated heterocycles. The summed E-state index contributed by atoms with van der Waals surface area (Å²) in [5.74, 6) is 1.91. The summed E-state index contributed by atoms with van der Waals surface area (Å²) >= 11 is 0. The van der Waals surface area contributed by atoms with Gasteiger partial charge in [0.1, 0.15) is 0 Å². The van der Waals surface area contributed by atoms with Crippen LogP contribution in [0.2, 0.25) is 0 Å². The van der Waals surface area contributed by atoms with E-state index in [9.17, 15) is 0 Å². The smallest absolute Gasteiger partial charge is 0.00106 e. The Morgan fingerprint density at radius 2 is 1.29 bits per heavy atom. The molecule has 0 saturated carbocycles. The van der Waals surface area contributed by atoms with E-state index in [0.29, 0.717) is 10.8 Å². The van der Waals surface area contributed by atoms with Gasteiger partial charge in [0.05, 0.1) is 0 Å². The number of nitrogens with zero attached hydrogens (tertiary/aromatic N) is 2. The van der Waals surface area contributed by atoms with Crippen LogP contribution in [0.25, 0.3) is 0 Å². The Kier molecular flexibility index (Phi) is 9.81. The number of hydrogen-bond acceptors (Lipinski definition) is 2. The van der Waals surface area contributed by atoms with Crippen molar-refractivity contribution in [1.82, 2.24) is 9.80 Å². The lowest BCUT2D eigenvalue weighted by molar-refractivity contribution is 0.0597. The predicted octanol–water partition coefficient (Wildman–Crippen LogP) is 6.84. The minimum Gasteiger partial charge on any atom is -0.303 e. The van der Waals surface area contributed by atoms with Gasteiger partial charge in [-0.2, -0.15) is 0 Å². The van der Waals surface area contributed by atoms with Crippen molar-refractivity contribution in [2.75, 3.05) is 39.3 Å². The first-order chi connectivity index (χ1) is 13.3. The van der Waals surface area contributed by atoms with Crippen molar-refractivity contribution >= 4 is 0 Å². The quantitative estimate of drug-likeness (QED) is 0.379. The van der Waals surface area contributed by atoms with Gasteiger partial charge in [0.2, 0.25) is 0 Å². The van der Waals surface area contributed by atoms with E-state index in [1.165, 1.54) is 103 Å². The lowest BCUT2D eigenvalue weighted by Crippen LogP contribution is -2.44. The van der Waals surface area contributed by atoms with Crippen molar-refractivity contribution in [2.24, 2.45) is 22.7 Å². The van der Waals surface area contributed by atoms with Gasteiger partial charge in [-0.15, -0.1) is 0 Å². The highest BCUT2D eigenvalue weighted by molar-refractivity contribution is 4.87. The molecule has 2 fully saturated rings. The molecule has 0 amide bonds. The van der Waals surface area contributed by atoms with E-state index < -0.39 is 0 Å².